The summed E-state index contributed by atoms with van der Waals surface area (Å²) in [6.45, 7) is 2.45. The molecule has 0 saturated carbocycles. The van der Waals surface area contributed by atoms with E-state index in [1.807, 2.05) is 12.1 Å². The standard InChI is InChI=1S/C16H24N2O3/c1-2-3-4-6-13-7-9-14(10-8-13)18-16(21)15(20)17-11-5-12-19/h7-10,19H,2-6,11-12H2,1H3,(H,17,20)(H,18,21). The number of aliphatic hydroxyl groups excluding tert-OH is 1. The third-order valence-corrected chi connectivity index (χ3v) is 3.11. The molecule has 5 heteroatoms. The highest BCUT2D eigenvalue weighted by Gasteiger charge is 2.12. The normalized spacial score (nSPS) is 10.2. The first-order valence-corrected chi connectivity index (χ1v) is 7.46. The highest BCUT2D eigenvalue weighted by atomic mass is 16.3. The minimum Gasteiger partial charge on any atom is -0.396 e. The third-order valence-electron chi connectivity index (χ3n) is 3.11. The molecule has 1 rings (SSSR count). The molecule has 1 aromatic carbocycles. The molecular weight excluding hydrogens is 268 g/mol. The lowest BCUT2D eigenvalue weighted by molar-refractivity contribution is -0.136. The van der Waals surface area contributed by atoms with Crippen molar-refractivity contribution in [1.29, 1.82) is 0 Å². The summed E-state index contributed by atoms with van der Waals surface area (Å²) in [7, 11) is 0. The number of carbonyl (C=O) groups is 2. The molecule has 0 aliphatic heterocycles. The summed E-state index contributed by atoms with van der Waals surface area (Å²) in [5.41, 5.74) is 1.84. The number of hydrogen-bond acceptors (Lipinski definition) is 3. The number of rotatable bonds is 8. The van der Waals surface area contributed by atoms with Gasteiger partial charge in [-0.25, -0.2) is 0 Å². The van der Waals surface area contributed by atoms with Gasteiger partial charge in [-0.1, -0.05) is 31.9 Å². The molecule has 0 unspecified atom stereocenters. The highest BCUT2D eigenvalue weighted by Crippen LogP contribution is 2.12. The minimum atomic E-state index is -0.688. The fourth-order valence-corrected chi connectivity index (χ4v) is 1.88. The average molecular weight is 292 g/mol. The Bertz CT molecular complexity index is 443. The predicted molar refractivity (Wildman–Crippen MR) is 83.0 cm³/mol. The van der Waals surface area contributed by atoms with Gasteiger partial charge in [0.2, 0.25) is 0 Å². The summed E-state index contributed by atoms with van der Waals surface area (Å²) in [5.74, 6) is -1.37. The van der Waals surface area contributed by atoms with E-state index in [4.69, 9.17) is 5.11 Å². The number of aliphatic hydroxyl groups is 1. The van der Waals surface area contributed by atoms with Crippen molar-refractivity contribution in [3.8, 4) is 0 Å². The summed E-state index contributed by atoms with van der Waals surface area (Å²) >= 11 is 0. The van der Waals surface area contributed by atoms with E-state index in [9.17, 15) is 9.59 Å². The molecule has 0 heterocycles. The number of amides is 2. The molecule has 0 bridgehead atoms. The number of unbranched alkanes of at least 4 members (excludes halogenated alkanes) is 2. The Morgan fingerprint density at radius 1 is 1.05 bits per heavy atom. The molecule has 0 spiro atoms. The Labute approximate surface area is 125 Å². The van der Waals surface area contributed by atoms with E-state index in [-0.39, 0.29) is 6.61 Å². The van der Waals surface area contributed by atoms with Crippen LogP contribution in [0.1, 0.15) is 38.2 Å². The van der Waals surface area contributed by atoms with Crippen LogP contribution in [0.4, 0.5) is 5.69 Å². The molecule has 1 aromatic rings. The average Bonchev–Trinajstić information content (AvgIpc) is 2.49. The first-order valence-electron chi connectivity index (χ1n) is 7.46. The van der Waals surface area contributed by atoms with Gasteiger partial charge in [-0.15, -0.1) is 0 Å². The molecule has 0 saturated heterocycles. The highest BCUT2D eigenvalue weighted by molar-refractivity contribution is 6.39. The number of anilines is 1. The van der Waals surface area contributed by atoms with Gasteiger partial charge in [0.1, 0.15) is 0 Å². The van der Waals surface area contributed by atoms with Gasteiger partial charge < -0.3 is 15.7 Å². The maximum atomic E-state index is 11.6. The van der Waals surface area contributed by atoms with Crippen LogP contribution < -0.4 is 10.6 Å². The van der Waals surface area contributed by atoms with Crippen molar-refractivity contribution >= 4 is 17.5 Å². The van der Waals surface area contributed by atoms with Crippen molar-refractivity contribution < 1.29 is 14.7 Å². The number of nitrogens with one attached hydrogen (secondary N) is 2. The molecule has 0 fully saturated rings. The lowest BCUT2D eigenvalue weighted by Crippen LogP contribution is -2.36. The Morgan fingerprint density at radius 3 is 2.38 bits per heavy atom. The van der Waals surface area contributed by atoms with Crippen LogP contribution in [-0.4, -0.2) is 30.1 Å². The first-order chi connectivity index (χ1) is 10.2. The van der Waals surface area contributed by atoms with E-state index < -0.39 is 11.8 Å². The van der Waals surface area contributed by atoms with Gasteiger partial charge in [0.15, 0.2) is 0 Å². The van der Waals surface area contributed by atoms with Crippen LogP contribution in [-0.2, 0) is 16.0 Å². The fraction of sp³-hybridized carbons (Fsp3) is 0.500. The second kappa shape index (κ2) is 9.94. The molecule has 3 N–H and O–H groups in total. The van der Waals surface area contributed by atoms with Crippen LogP contribution in [0.5, 0.6) is 0 Å². The molecule has 0 aromatic heterocycles. The molecule has 2 amide bonds. The topological polar surface area (TPSA) is 78.4 Å². The zero-order valence-electron chi connectivity index (χ0n) is 12.5. The molecule has 116 valence electrons. The van der Waals surface area contributed by atoms with Crippen LogP contribution in [0.15, 0.2) is 24.3 Å². The number of hydrogen-bond donors (Lipinski definition) is 3. The van der Waals surface area contributed by atoms with Gasteiger partial charge >= 0.3 is 11.8 Å². The number of aryl methyl sites for hydroxylation is 1. The van der Waals surface area contributed by atoms with E-state index in [0.717, 1.165) is 12.8 Å². The lowest BCUT2D eigenvalue weighted by Gasteiger charge is -2.07. The molecule has 21 heavy (non-hydrogen) atoms. The Morgan fingerprint density at radius 2 is 1.76 bits per heavy atom. The van der Waals surface area contributed by atoms with Crippen LogP contribution in [0.25, 0.3) is 0 Å². The molecule has 0 aliphatic rings. The molecule has 5 nitrogen and oxygen atoms in total. The Balaban J connectivity index is 2.40. The maximum absolute atomic E-state index is 11.6. The van der Waals surface area contributed by atoms with Gasteiger partial charge in [0, 0.05) is 18.8 Å². The van der Waals surface area contributed by atoms with Gasteiger partial charge in [-0.05, 0) is 37.0 Å². The third kappa shape index (κ3) is 6.90. The van der Waals surface area contributed by atoms with Gasteiger partial charge in [0.25, 0.3) is 0 Å². The van der Waals surface area contributed by atoms with Gasteiger partial charge in [-0.2, -0.15) is 0 Å². The summed E-state index contributed by atoms with van der Waals surface area (Å²) in [5, 5.41) is 13.6. The molecule has 0 radical (unpaired) electrons. The zero-order valence-corrected chi connectivity index (χ0v) is 12.5. The quantitative estimate of drug-likeness (QED) is 0.505. The van der Waals surface area contributed by atoms with E-state index >= 15 is 0 Å². The summed E-state index contributed by atoms with van der Waals surface area (Å²) < 4.78 is 0. The van der Waals surface area contributed by atoms with Crippen LogP contribution >= 0.6 is 0 Å². The van der Waals surface area contributed by atoms with E-state index in [0.29, 0.717) is 18.7 Å². The fourth-order valence-electron chi connectivity index (χ4n) is 1.88. The number of benzene rings is 1. The smallest absolute Gasteiger partial charge is 0.313 e. The lowest BCUT2D eigenvalue weighted by atomic mass is 10.1. The van der Waals surface area contributed by atoms with Crippen LogP contribution in [0.3, 0.4) is 0 Å². The maximum Gasteiger partial charge on any atom is 0.313 e. The first kappa shape index (κ1) is 17.2. The second-order valence-corrected chi connectivity index (χ2v) is 4.94. The van der Waals surface area contributed by atoms with Crippen LogP contribution in [0.2, 0.25) is 0 Å². The SMILES string of the molecule is CCCCCc1ccc(NC(=O)C(=O)NCCCO)cc1. The van der Waals surface area contributed by atoms with Crippen molar-refractivity contribution in [2.24, 2.45) is 0 Å². The summed E-state index contributed by atoms with van der Waals surface area (Å²) in [6.07, 6.45) is 5.04. The number of carbonyl (C=O) groups excluding carboxylic acids is 2. The van der Waals surface area contributed by atoms with Crippen molar-refractivity contribution in [3.05, 3.63) is 29.8 Å². The second-order valence-electron chi connectivity index (χ2n) is 4.94. The van der Waals surface area contributed by atoms with E-state index in [2.05, 4.69) is 17.6 Å². The monoisotopic (exact) mass is 292 g/mol. The Kier molecular flexibility index (Phi) is 8.12. The largest absolute Gasteiger partial charge is 0.396 e. The van der Waals surface area contributed by atoms with E-state index in [1.54, 1.807) is 12.1 Å². The molecule has 0 atom stereocenters. The van der Waals surface area contributed by atoms with Crippen LogP contribution in [0, 0.1) is 0 Å². The summed E-state index contributed by atoms with van der Waals surface area (Å²) in [6, 6.07) is 7.55. The zero-order chi connectivity index (χ0) is 15.5. The molecule has 0 aliphatic carbocycles. The Hall–Kier alpha value is -1.88. The van der Waals surface area contributed by atoms with Crippen molar-refractivity contribution in [2.45, 2.75) is 39.0 Å². The summed E-state index contributed by atoms with van der Waals surface area (Å²) in [4.78, 5) is 23.1. The molecular formula is C16H24N2O3. The van der Waals surface area contributed by atoms with Crippen molar-refractivity contribution in [2.75, 3.05) is 18.5 Å². The minimum absolute atomic E-state index is 0.0125. The van der Waals surface area contributed by atoms with Gasteiger partial charge in [-0.3, -0.25) is 9.59 Å². The van der Waals surface area contributed by atoms with Gasteiger partial charge in [0.05, 0.1) is 0 Å². The predicted octanol–water partition coefficient (Wildman–Crippen LogP) is 1.86. The van der Waals surface area contributed by atoms with Crippen molar-refractivity contribution in [3.63, 3.8) is 0 Å². The van der Waals surface area contributed by atoms with Crippen molar-refractivity contribution in [1.82, 2.24) is 5.32 Å². The van der Waals surface area contributed by atoms with E-state index in [1.165, 1.54) is 18.4 Å².